The number of ether oxygens (including phenoxy) is 1. The van der Waals surface area contributed by atoms with Gasteiger partial charge in [0.1, 0.15) is 0 Å². The van der Waals surface area contributed by atoms with Crippen LogP contribution in [-0.4, -0.2) is 36.7 Å². The van der Waals surface area contributed by atoms with Crippen molar-refractivity contribution in [2.24, 2.45) is 5.73 Å². The lowest BCUT2D eigenvalue weighted by atomic mass is 10.2. The third-order valence-corrected chi connectivity index (χ3v) is 3.86. The van der Waals surface area contributed by atoms with Gasteiger partial charge in [-0.25, -0.2) is 0 Å². The molecule has 1 saturated heterocycles. The van der Waals surface area contributed by atoms with Gasteiger partial charge in [0.05, 0.1) is 18.2 Å². The van der Waals surface area contributed by atoms with Gasteiger partial charge >= 0.3 is 0 Å². The SMILES string of the molecule is C[C@@H]1CN(CC(N)c2cccs2)C[C@H](C)O1. The highest BCUT2D eigenvalue weighted by atomic mass is 32.1. The molecule has 0 aromatic carbocycles. The van der Waals surface area contributed by atoms with E-state index in [9.17, 15) is 0 Å². The number of nitrogens with zero attached hydrogens (tertiary/aromatic N) is 1. The fourth-order valence-corrected chi connectivity index (χ4v) is 3.02. The van der Waals surface area contributed by atoms with Crippen LogP contribution in [-0.2, 0) is 4.74 Å². The van der Waals surface area contributed by atoms with Crippen LogP contribution < -0.4 is 5.73 Å². The number of hydrogen-bond acceptors (Lipinski definition) is 4. The normalized spacial score (nSPS) is 29.2. The molecule has 1 aliphatic rings. The standard InChI is InChI=1S/C12H20N2OS/c1-9-6-14(7-10(2)15-9)8-11(13)12-4-3-5-16-12/h3-5,9-11H,6-8,13H2,1-2H3/t9-,10+,11?. The average molecular weight is 240 g/mol. The van der Waals surface area contributed by atoms with Gasteiger partial charge in [-0.2, -0.15) is 0 Å². The van der Waals surface area contributed by atoms with E-state index in [1.54, 1.807) is 11.3 Å². The number of nitrogens with two attached hydrogens (primary N) is 1. The smallest absolute Gasteiger partial charge is 0.0678 e. The topological polar surface area (TPSA) is 38.5 Å². The fourth-order valence-electron chi connectivity index (χ4n) is 2.30. The van der Waals surface area contributed by atoms with E-state index in [0.29, 0.717) is 12.2 Å². The first kappa shape index (κ1) is 12.0. The molecule has 2 heterocycles. The molecular weight excluding hydrogens is 220 g/mol. The second kappa shape index (κ2) is 5.27. The molecule has 1 aliphatic heterocycles. The minimum atomic E-state index is 0.137. The van der Waals surface area contributed by atoms with Crippen LogP contribution in [0.5, 0.6) is 0 Å². The number of morpholine rings is 1. The van der Waals surface area contributed by atoms with Crippen LogP contribution in [0.2, 0.25) is 0 Å². The van der Waals surface area contributed by atoms with E-state index < -0.39 is 0 Å². The minimum Gasteiger partial charge on any atom is -0.373 e. The Balaban J connectivity index is 1.89. The maximum atomic E-state index is 6.19. The summed E-state index contributed by atoms with van der Waals surface area (Å²) in [6.07, 6.45) is 0.638. The van der Waals surface area contributed by atoms with Gasteiger partial charge < -0.3 is 10.5 Å². The fraction of sp³-hybridized carbons (Fsp3) is 0.667. The molecule has 0 bridgehead atoms. The summed E-state index contributed by atoms with van der Waals surface area (Å²) in [6, 6.07) is 4.31. The van der Waals surface area contributed by atoms with E-state index in [1.807, 2.05) is 0 Å². The summed E-state index contributed by atoms with van der Waals surface area (Å²) in [7, 11) is 0. The van der Waals surface area contributed by atoms with Crippen molar-refractivity contribution < 1.29 is 4.74 Å². The molecule has 0 saturated carbocycles. The summed E-state index contributed by atoms with van der Waals surface area (Å²) >= 11 is 1.74. The lowest BCUT2D eigenvalue weighted by Crippen LogP contribution is -2.47. The van der Waals surface area contributed by atoms with E-state index in [0.717, 1.165) is 19.6 Å². The van der Waals surface area contributed by atoms with Crippen LogP contribution in [0.1, 0.15) is 24.8 Å². The van der Waals surface area contributed by atoms with E-state index in [2.05, 4.69) is 36.3 Å². The Bertz CT molecular complexity index is 305. The van der Waals surface area contributed by atoms with Gasteiger partial charge in [-0.05, 0) is 25.3 Å². The zero-order valence-corrected chi connectivity index (χ0v) is 10.7. The summed E-state index contributed by atoms with van der Waals surface area (Å²) in [4.78, 5) is 3.68. The van der Waals surface area contributed by atoms with Crippen molar-refractivity contribution in [3.63, 3.8) is 0 Å². The zero-order chi connectivity index (χ0) is 11.5. The van der Waals surface area contributed by atoms with Crippen LogP contribution in [0.15, 0.2) is 17.5 Å². The summed E-state index contributed by atoms with van der Waals surface area (Å²) in [6.45, 7) is 7.16. The van der Waals surface area contributed by atoms with Gasteiger partial charge in [-0.15, -0.1) is 11.3 Å². The Kier molecular flexibility index (Phi) is 3.97. The summed E-state index contributed by atoms with van der Waals surface area (Å²) in [5, 5.41) is 2.08. The Morgan fingerprint density at radius 2 is 2.19 bits per heavy atom. The molecule has 3 atom stereocenters. The lowest BCUT2D eigenvalue weighted by Gasteiger charge is -2.36. The van der Waals surface area contributed by atoms with Gasteiger partial charge in [0.2, 0.25) is 0 Å². The molecule has 1 aromatic rings. The summed E-state index contributed by atoms with van der Waals surface area (Å²) in [5.41, 5.74) is 6.19. The van der Waals surface area contributed by atoms with Crippen molar-refractivity contribution >= 4 is 11.3 Å². The van der Waals surface area contributed by atoms with E-state index >= 15 is 0 Å². The molecule has 2 rings (SSSR count). The predicted molar refractivity (Wildman–Crippen MR) is 67.7 cm³/mol. The lowest BCUT2D eigenvalue weighted by molar-refractivity contribution is -0.0691. The predicted octanol–water partition coefficient (Wildman–Crippen LogP) is 1.86. The first-order valence-corrected chi connectivity index (χ1v) is 6.70. The van der Waals surface area contributed by atoms with Gasteiger partial charge in [0.15, 0.2) is 0 Å². The number of rotatable bonds is 3. The van der Waals surface area contributed by atoms with Crippen molar-refractivity contribution in [3.8, 4) is 0 Å². The van der Waals surface area contributed by atoms with Crippen LogP contribution in [0.4, 0.5) is 0 Å². The van der Waals surface area contributed by atoms with E-state index in [4.69, 9.17) is 10.5 Å². The average Bonchev–Trinajstić information content (AvgIpc) is 2.68. The van der Waals surface area contributed by atoms with Crippen molar-refractivity contribution in [1.82, 2.24) is 4.90 Å². The molecular formula is C12H20N2OS. The maximum absolute atomic E-state index is 6.19. The maximum Gasteiger partial charge on any atom is 0.0678 e. The molecule has 0 spiro atoms. The molecule has 0 radical (unpaired) electrons. The van der Waals surface area contributed by atoms with Crippen LogP contribution in [0.25, 0.3) is 0 Å². The first-order valence-electron chi connectivity index (χ1n) is 5.82. The molecule has 1 aromatic heterocycles. The Morgan fingerprint density at radius 1 is 1.50 bits per heavy atom. The summed E-state index contributed by atoms with van der Waals surface area (Å²) < 4.78 is 5.71. The molecule has 16 heavy (non-hydrogen) atoms. The molecule has 0 aliphatic carbocycles. The molecule has 2 N–H and O–H groups in total. The molecule has 1 fully saturated rings. The second-order valence-electron chi connectivity index (χ2n) is 4.60. The van der Waals surface area contributed by atoms with Crippen LogP contribution >= 0.6 is 11.3 Å². The Hall–Kier alpha value is -0.420. The summed E-state index contributed by atoms with van der Waals surface area (Å²) in [5.74, 6) is 0. The van der Waals surface area contributed by atoms with Crippen LogP contribution in [0.3, 0.4) is 0 Å². The van der Waals surface area contributed by atoms with Crippen molar-refractivity contribution in [1.29, 1.82) is 0 Å². The van der Waals surface area contributed by atoms with E-state index in [-0.39, 0.29) is 6.04 Å². The molecule has 90 valence electrons. The first-order chi connectivity index (χ1) is 7.65. The molecule has 4 heteroatoms. The van der Waals surface area contributed by atoms with Gasteiger partial charge in [0.25, 0.3) is 0 Å². The minimum absolute atomic E-state index is 0.137. The third kappa shape index (κ3) is 3.04. The largest absolute Gasteiger partial charge is 0.373 e. The highest BCUT2D eigenvalue weighted by Gasteiger charge is 2.23. The van der Waals surface area contributed by atoms with Crippen LogP contribution in [0, 0.1) is 0 Å². The number of hydrogen-bond donors (Lipinski definition) is 1. The van der Waals surface area contributed by atoms with Crippen molar-refractivity contribution in [3.05, 3.63) is 22.4 Å². The molecule has 0 amide bonds. The van der Waals surface area contributed by atoms with E-state index in [1.165, 1.54) is 4.88 Å². The Morgan fingerprint density at radius 3 is 2.75 bits per heavy atom. The van der Waals surface area contributed by atoms with Gasteiger partial charge in [-0.3, -0.25) is 4.90 Å². The third-order valence-electron chi connectivity index (χ3n) is 2.86. The highest BCUT2D eigenvalue weighted by Crippen LogP contribution is 2.19. The number of thiophene rings is 1. The second-order valence-corrected chi connectivity index (χ2v) is 5.58. The highest BCUT2D eigenvalue weighted by molar-refractivity contribution is 7.10. The zero-order valence-electron chi connectivity index (χ0n) is 9.93. The quantitative estimate of drug-likeness (QED) is 0.876. The van der Waals surface area contributed by atoms with Gasteiger partial charge in [-0.1, -0.05) is 6.07 Å². The van der Waals surface area contributed by atoms with Crippen molar-refractivity contribution in [2.75, 3.05) is 19.6 Å². The molecule has 1 unspecified atom stereocenters. The van der Waals surface area contributed by atoms with Crippen molar-refractivity contribution in [2.45, 2.75) is 32.1 Å². The Labute approximate surface area is 101 Å². The van der Waals surface area contributed by atoms with Gasteiger partial charge in [0, 0.05) is 24.5 Å². The molecule has 3 nitrogen and oxygen atoms in total. The monoisotopic (exact) mass is 240 g/mol.